The zero-order valence-electron chi connectivity index (χ0n) is 7.45. The van der Waals surface area contributed by atoms with E-state index in [0.29, 0.717) is 5.82 Å². The van der Waals surface area contributed by atoms with Crippen LogP contribution in [0.1, 0.15) is 24.4 Å². The molecule has 1 aromatic heterocycles. The first-order valence-electron chi connectivity index (χ1n) is 4.25. The fraction of sp³-hybridized carbons (Fsp3) is 0.444. The number of aryl methyl sites for hydroxylation is 1. The molecule has 2 N–H and O–H groups in total. The maximum atomic E-state index is 11.1. The Labute approximate surface area is 76.2 Å². The summed E-state index contributed by atoms with van der Waals surface area (Å²) in [6.07, 6.45) is 3.23. The first kappa shape index (κ1) is 8.16. The van der Waals surface area contributed by atoms with Crippen LogP contribution >= 0.6 is 0 Å². The normalized spacial score (nSPS) is 18.2. The number of hydrogen-bond acceptors (Lipinski definition) is 3. The Morgan fingerprint density at radius 1 is 1.62 bits per heavy atom. The summed E-state index contributed by atoms with van der Waals surface area (Å²) in [7, 11) is 0. The van der Waals surface area contributed by atoms with Crippen LogP contribution < -0.4 is 5.73 Å². The lowest BCUT2D eigenvalue weighted by atomic mass is 10.1. The van der Waals surface area contributed by atoms with Gasteiger partial charge in [-0.25, -0.2) is 9.97 Å². The minimum absolute atomic E-state index is 0.307. The van der Waals surface area contributed by atoms with Gasteiger partial charge in [0.1, 0.15) is 11.2 Å². The smallest absolute Gasteiger partial charge is 0.231 e. The monoisotopic (exact) mass is 177 g/mol. The van der Waals surface area contributed by atoms with E-state index in [2.05, 4.69) is 9.97 Å². The molecule has 4 heteroatoms. The lowest BCUT2D eigenvalue weighted by Crippen LogP contribution is -2.30. The second kappa shape index (κ2) is 2.52. The molecule has 1 heterocycles. The highest BCUT2D eigenvalue weighted by Gasteiger charge is 2.52. The highest BCUT2D eigenvalue weighted by Crippen LogP contribution is 2.46. The van der Waals surface area contributed by atoms with Gasteiger partial charge >= 0.3 is 0 Å². The molecule has 2 rings (SSSR count). The van der Waals surface area contributed by atoms with Crippen molar-refractivity contribution in [2.24, 2.45) is 5.73 Å². The molecule has 1 amide bonds. The molecule has 68 valence electrons. The molecule has 0 atom stereocenters. The topological polar surface area (TPSA) is 68.9 Å². The quantitative estimate of drug-likeness (QED) is 0.706. The predicted molar refractivity (Wildman–Crippen MR) is 46.9 cm³/mol. The molecule has 4 nitrogen and oxygen atoms in total. The summed E-state index contributed by atoms with van der Waals surface area (Å²) in [5, 5.41) is 0. The maximum Gasteiger partial charge on any atom is 0.231 e. The summed E-state index contributed by atoms with van der Waals surface area (Å²) in [5.41, 5.74) is 5.62. The highest BCUT2D eigenvalue weighted by molar-refractivity contribution is 5.88. The molecule has 0 bridgehead atoms. The van der Waals surface area contributed by atoms with Crippen LogP contribution in [-0.4, -0.2) is 15.9 Å². The molecule has 0 aliphatic heterocycles. The van der Waals surface area contributed by atoms with Crippen molar-refractivity contribution in [3.05, 3.63) is 23.8 Å². The molecule has 13 heavy (non-hydrogen) atoms. The SMILES string of the molecule is Cc1ccnc(C2(C(N)=O)CC2)n1. The van der Waals surface area contributed by atoms with Crippen molar-refractivity contribution in [3.8, 4) is 0 Å². The number of nitrogens with zero attached hydrogens (tertiary/aromatic N) is 2. The van der Waals surface area contributed by atoms with Crippen LogP contribution in [0, 0.1) is 6.92 Å². The number of aromatic nitrogens is 2. The number of amides is 1. The summed E-state index contributed by atoms with van der Waals surface area (Å²) >= 11 is 0. The van der Waals surface area contributed by atoms with E-state index in [9.17, 15) is 4.79 Å². The van der Waals surface area contributed by atoms with Crippen molar-refractivity contribution >= 4 is 5.91 Å². The average molecular weight is 177 g/mol. The molecule has 1 aliphatic rings. The van der Waals surface area contributed by atoms with Gasteiger partial charge in [-0.2, -0.15) is 0 Å². The van der Waals surface area contributed by atoms with Crippen LogP contribution in [-0.2, 0) is 10.2 Å². The summed E-state index contributed by atoms with van der Waals surface area (Å²) in [5.74, 6) is 0.276. The minimum atomic E-state index is -0.550. The van der Waals surface area contributed by atoms with Crippen LogP contribution in [0.2, 0.25) is 0 Å². The van der Waals surface area contributed by atoms with E-state index in [1.165, 1.54) is 0 Å². The first-order chi connectivity index (χ1) is 6.15. The van der Waals surface area contributed by atoms with Crippen LogP contribution in [0.4, 0.5) is 0 Å². The van der Waals surface area contributed by atoms with Crippen molar-refractivity contribution in [1.82, 2.24) is 9.97 Å². The van der Waals surface area contributed by atoms with E-state index in [1.54, 1.807) is 12.3 Å². The molecule has 1 saturated carbocycles. The van der Waals surface area contributed by atoms with Gasteiger partial charge in [0.2, 0.25) is 5.91 Å². The standard InChI is InChI=1S/C9H11N3O/c1-6-2-5-11-8(12-6)9(3-4-9)7(10)13/h2,5H,3-4H2,1H3,(H2,10,13). The number of primary amides is 1. The summed E-state index contributed by atoms with van der Waals surface area (Å²) in [6.45, 7) is 1.88. The molecule has 1 aliphatic carbocycles. The van der Waals surface area contributed by atoms with Crippen molar-refractivity contribution in [2.75, 3.05) is 0 Å². The van der Waals surface area contributed by atoms with Gasteiger partial charge in [0, 0.05) is 11.9 Å². The van der Waals surface area contributed by atoms with Gasteiger partial charge in [-0.3, -0.25) is 4.79 Å². The number of nitrogens with two attached hydrogens (primary N) is 1. The van der Waals surface area contributed by atoms with E-state index in [0.717, 1.165) is 18.5 Å². The molecule has 1 fully saturated rings. The zero-order chi connectivity index (χ0) is 9.47. The lowest BCUT2D eigenvalue weighted by Gasteiger charge is -2.08. The Balaban J connectivity index is 2.41. The third-order valence-corrected chi connectivity index (χ3v) is 2.44. The number of carbonyl (C=O) groups excluding carboxylic acids is 1. The fourth-order valence-electron chi connectivity index (χ4n) is 1.38. The van der Waals surface area contributed by atoms with E-state index in [4.69, 9.17) is 5.73 Å². The van der Waals surface area contributed by atoms with Crippen molar-refractivity contribution < 1.29 is 4.79 Å². The third-order valence-electron chi connectivity index (χ3n) is 2.44. The van der Waals surface area contributed by atoms with Gasteiger partial charge in [0.05, 0.1) is 0 Å². The van der Waals surface area contributed by atoms with Gasteiger partial charge in [0.15, 0.2) is 0 Å². The highest BCUT2D eigenvalue weighted by atomic mass is 16.1. The van der Waals surface area contributed by atoms with Crippen LogP contribution in [0.5, 0.6) is 0 Å². The van der Waals surface area contributed by atoms with Gasteiger partial charge in [-0.1, -0.05) is 0 Å². The van der Waals surface area contributed by atoms with Gasteiger partial charge in [-0.15, -0.1) is 0 Å². The number of rotatable bonds is 2. The largest absolute Gasteiger partial charge is 0.369 e. The van der Waals surface area contributed by atoms with Crippen molar-refractivity contribution in [3.63, 3.8) is 0 Å². The van der Waals surface area contributed by atoms with Crippen LogP contribution in [0.25, 0.3) is 0 Å². The molecule has 0 unspecified atom stereocenters. The minimum Gasteiger partial charge on any atom is -0.369 e. The van der Waals surface area contributed by atoms with Gasteiger partial charge in [0.25, 0.3) is 0 Å². The molecular formula is C9H11N3O. The Morgan fingerprint density at radius 3 is 2.77 bits per heavy atom. The number of hydrogen-bond donors (Lipinski definition) is 1. The Hall–Kier alpha value is -1.45. The van der Waals surface area contributed by atoms with Crippen LogP contribution in [0.15, 0.2) is 12.3 Å². The van der Waals surface area contributed by atoms with E-state index >= 15 is 0 Å². The summed E-state index contributed by atoms with van der Waals surface area (Å²) in [4.78, 5) is 19.4. The molecule has 0 spiro atoms. The second-order valence-corrected chi connectivity index (χ2v) is 3.47. The molecule has 0 aromatic carbocycles. The molecule has 0 saturated heterocycles. The molecule has 1 aromatic rings. The maximum absolute atomic E-state index is 11.1. The lowest BCUT2D eigenvalue weighted by molar-refractivity contribution is -0.120. The van der Waals surface area contributed by atoms with Gasteiger partial charge in [-0.05, 0) is 25.8 Å². The Morgan fingerprint density at radius 2 is 2.31 bits per heavy atom. The fourth-order valence-corrected chi connectivity index (χ4v) is 1.38. The third kappa shape index (κ3) is 1.18. The Kier molecular flexibility index (Phi) is 1.58. The van der Waals surface area contributed by atoms with Gasteiger partial charge < -0.3 is 5.73 Å². The summed E-state index contributed by atoms with van der Waals surface area (Å²) in [6, 6.07) is 1.81. The Bertz CT molecular complexity index is 358. The molecular weight excluding hydrogens is 166 g/mol. The second-order valence-electron chi connectivity index (χ2n) is 3.47. The van der Waals surface area contributed by atoms with E-state index in [1.807, 2.05) is 6.92 Å². The zero-order valence-corrected chi connectivity index (χ0v) is 7.45. The van der Waals surface area contributed by atoms with E-state index < -0.39 is 5.41 Å². The van der Waals surface area contributed by atoms with E-state index in [-0.39, 0.29) is 5.91 Å². The van der Waals surface area contributed by atoms with Crippen molar-refractivity contribution in [2.45, 2.75) is 25.2 Å². The molecule has 0 radical (unpaired) electrons. The first-order valence-corrected chi connectivity index (χ1v) is 4.25. The summed E-state index contributed by atoms with van der Waals surface area (Å²) < 4.78 is 0. The van der Waals surface area contributed by atoms with Crippen LogP contribution in [0.3, 0.4) is 0 Å². The predicted octanol–water partition coefficient (Wildman–Crippen LogP) is 0.302. The van der Waals surface area contributed by atoms with Crippen molar-refractivity contribution in [1.29, 1.82) is 0 Å². The number of carbonyl (C=O) groups is 1. The average Bonchev–Trinajstić information content (AvgIpc) is 2.83.